The van der Waals surface area contributed by atoms with E-state index in [9.17, 15) is 0 Å². The van der Waals surface area contributed by atoms with E-state index in [4.69, 9.17) is 9.73 Å². The van der Waals surface area contributed by atoms with Crippen LogP contribution in [-0.4, -0.2) is 49.7 Å². The van der Waals surface area contributed by atoms with Crippen LogP contribution in [0.25, 0.3) is 0 Å². The number of aliphatic imine (C=N–C) groups is 1. The molecule has 2 N–H and O–H groups in total. The summed E-state index contributed by atoms with van der Waals surface area (Å²) in [6.45, 7) is 10.1. The van der Waals surface area contributed by atoms with Crippen molar-refractivity contribution in [3.63, 3.8) is 0 Å². The topological polar surface area (TPSA) is 48.9 Å². The number of fused-ring (bicyclic) bond motifs is 1. The smallest absolute Gasteiger partial charge is 0.191 e. The van der Waals surface area contributed by atoms with Crippen LogP contribution in [0.4, 0.5) is 0 Å². The third kappa shape index (κ3) is 6.33. The van der Waals surface area contributed by atoms with E-state index >= 15 is 0 Å². The molecule has 142 valence electrons. The quantitative estimate of drug-likeness (QED) is 0.402. The highest BCUT2D eigenvalue weighted by atomic mass is 127. The van der Waals surface area contributed by atoms with Crippen LogP contribution in [0.15, 0.2) is 29.3 Å². The maximum absolute atomic E-state index is 6.11. The number of likely N-dealkylation sites (N-methyl/N-ethyl adjacent to an activating group) is 1. The molecule has 0 saturated heterocycles. The number of ether oxygens (including phenoxy) is 1. The molecule has 0 spiro atoms. The van der Waals surface area contributed by atoms with Crippen LogP contribution in [0.5, 0.6) is 5.75 Å². The van der Waals surface area contributed by atoms with E-state index in [1.807, 2.05) is 12.1 Å². The third-order valence-electron chi connectivity index (χ3n) is 4.43. The Hall–Kier alpha value is -1.02. The Kier molecular flexibility index (Phi) is 8.47. The number of halogens is 1. The predicted molar refractivity (Wildman–Crippen MR) is 116 cm³/mol. The number of hydrogen-bond acceptors (Lipinski definition) is 3. The number of hydrogen-bond donors (Lipinski definition) is 2. The summed E-state index contributed by atoms with van der Waals surface area (Å²) in [6.07, 6.45) is 0.900. The molecule has 1 aliphatic rings. The fourth-order valence-electron chi connectivity index (χ4n) is 2.80. The van der Waals surface area contributed by atoms with Gasteiger partial charge in [-0.05, 0) is 47.9 Å². The number of guanidine groups is 1. The lowest BCUT2D eigenvalue weighted by atomic mass is 9.90. The van der Waals surface area contributed by atoms with Gasteiger partial charge in [0.15, 0.2) is 5.96 Å². The zero-order chi connectivity index (χ0) is 17.7. The predicted octanol–water partition coefficient (Wildman–Crippen LogP) is 3.41. The molecule has 0 bridgehead atoms. The van der Waals surface area contributed by atoms with Gasteiger partial charge in [-0.3, -0.25) is 4.99 Å². The van der Waals surface area contributed by atoms with Crippen molar-refractivity contribution in [1.29, 1.82) is 0 Å². The Morgan fingerprint density at radius 2 is 2.04 bits per heavy atom. The summed E-state index contributed by atoms with van der Waals surface area (Å²) < 4.78 is 6.11. The summed E-state index contributed by atoms with van der Waals surface area (Å²) in [5.74, 6) is 1.83. The molecular weight excluding hydrogens is 427 g/mol. The van der Waals surface area contributed by atoms with Crippen molar-refractivity contribution >= 4 is 29.9 Å². The van der Waals surface area contributed by atoms with Crippen LogP contribution >= 0.6 is 24.0 Å². The van der Waals surface area contributed by atoms with E-state index in [1.54, 1.807) is 0 Å². The highest BCUT2D eigenvalue weighted by Crippen LogP contribution is 2.39. The van der Waals surface area contributed by atoms with Crippen LogP contribution in [0.2, 0.25) is 0 Å². The minimum atomic E-state index is -0.194. The summed E-state index contributed by atoms with van der Waals surface area (Å²) in [7, 11) is 4.16. The van der Waals surface area contributed by atoms with E-state index in [1.165, 1.54) is 5.56 Å². The molecule has 0 radical (unpaired) electrons. The van der Waals surface area contributed by atoms with Crippen LogP contribution in [0.1, 0.15) is 45.7 Å². The summed E-state index contributed by atoms with van der Waals surface area (Å²) in [4.78, 5) is 6.94. The van der Waals surface area contributed by atoms with Gasteiger partial charge in [0.2, 0.25) is 0 Å². The number of benzene rings is 1. The van der Waals surface area contributed by atoms with Gasteiger partial charge in [-0.1, -0.05) is 18.2 Å². The van der Waals surface area contributed by atoms with E-state index in [2.05, 4.69) is 69.5 Å². The molecule has 0 amide bonds. The first-order valence-electron chi connectivity index (χ1n) is 8.81. The second kappa shape index (κ2) is 9.62. The van der Waals surface area contributed by atoms with Crippen molar-refractivity contribution in [2.75, 3.05) is 27.2 Å². The van der Waals surface area contributed by atoms with Gasteiger partial charge in [0.1, 0.15) is 11.4 Å². The lowest BCUT2D eigenvalue weighted by Gasteiger charge is -2.38. The Morgan fingerprint density at radius 3 is 2.68 bits per heavy atom. The van der Waals surface area contributed by atoms with Crippen LogP contribution in [0, 0.1) is 0 Å². The van der Waals surface area contributed by atoms with Crippen molar-refractivity contribution in [2.45, 2.75) is 51.8 Å². The summed E-state index contributed by atoms with van der Waals surface area (Å²) in [5, 5.41) is 6.97. The first-order chi connectivity index (χ1) is 11.3. The molecule has 1 aromatic carbocycles. The fourth-order valence-corrected chi connectivity index (χ4v) is 2.80. The van der Waals surface area contributed by atoms with Gasteiger partial charge >= 0.3 is 0 Å². The first-order valence-corrected chi connectivity index (χ1v) is 8.81. The van der Waals surface area contributed by atoms with E-state index in [0.717, 1.165) is 31.2 Å². The van der Waals surface area contributed by atoms with Crippen molar-refractivity contribution in [3.05, 3.63) is 29.8 Å². The molecule has 2 rings (SSSR count). The molecule has 0 aliphatic carbocycles. The Labute approximate surface area is 169 Å². The van der Waals surface area contributed by atoms with E-state index < -0.39 is 0 Å². The van der Waals surface area contributed by atoms with Crippen molar-refractivity contribution in [3.8, 4) is 5.75 Å². The third-order valence-corrected chi connectivity index (χ3v) is 4.43. The maximum atomic E-state index is 6.11. The normalized spacial score (nSPS) is 20.1. The zero-order valence-corrected chi connectivity index (χ0v) is 18.6. The largest absolute Gasteiger partial charge is 0.487 e. The van der Waals surface area contributed by atoms with Gasteiger partial charge in [-0.15, -0.1) is 24.0 Å². The lowest BCUT2D eigenvalue weighted by Crippen LogP contribution is -2.45. The molecule has 1 aliphatic heterocycles. The number of para-hydroxylation sites is 1. The first kappa shape index (κ1) is 22.0. The van der Waals surface area contributed by atoms with Crippen LogP contribution < -0.4 is 15.4 Å². The Balaban J connectivity index is 0.00000312. The molecule has 2 atom stereocenters. The molecule has 1 aromatic rings. The van der Waals surface area contributed by atoms with Gasteiger partial charge in [-0.25, -0.2) is 0 Å². The van der Waals surface area contributed by atoms with Gasteiger partial charge in [0.25, 0.3) is 0 Å². The molecule has 0 aromatic heterocycles. The van der Waals surface area contributed by atoms with Gasteiger partial charge in [-0.2, -0.15) is 0 Å². The highest BCUT2D eigenvalue weighted by Gasteiger charge is 2.33. The van der Waals surface area contributed by atoms with E-state index in [-0.39, 0.29) is 35.6 Å². The minimum Gasteiger partial charge on any atom is -0.487 e. The molecular formula is C19H33IN4O. The summed E-state index contributed by atoms with van der Waals surface area (Å²) >= 11 is 0. The van der Waals surface area contributed by atoms with Gasteiger partial charge in [0, 0.05) is 24.6 Å². The average Bonchev–Trinajstić information content (AvgIpc) is 2.51. The van der Waals surface area contributed by atoms with Crippen molar-refractivity contribution in [1.82, 2.24) is 15.5 Å². The molecule has 6 heteroatoms. The number of nitrogens with zero attached hydrogens (tertiary/aromatic N) is 2. The second-order valence-electron chi connectivity index (χ2n) is 7.33. The molecule has 0 fully saturated rings. The van der Waals surface area contributed by atoms with Crippen LogP contribution in [-0.2, 0) is 0 Å². The zero-order valence-electron chi connectivity index (χ0n) is 16.3. The molecule has 25 heavy (non-hydrogen) atoms. The summed E-state index contributed by atoms with van der Waals surface area (Å²) in [5.41, 5.74) is 1.00. The average molecular weight is 460 g/mol. The maximum Gasteiger partial charge on any atom is 0.191 e. The molecule has 5 nitrogen and oxygen atoms in total. The summed E-state index contributed by atoms with van der Waals surface area (Å²) in [6, 6.07) is 8.86. The van der Waals surface area contributed by atoms with Gasteiger partial charge < -0.3 is 20.3 Å². The molecule has 2 unspecified atom stereocenters. The molecule has 0 saturated carbocycles. The lowest BCUT2D eigenvalue weighted by molar-refractivity contribution is 0.0694. The SMILES string of the molecule is CCNC(=NCC(C)N(C)C)NC1CC(C)(C)Oc2ccccc21.I. The Morgan fingerprint density at radius 1 is 1.36 bits per heavy atom. The number of rotatable bonds is 5. The Bertz CT molecular complexity index is 574. The highest BCUT2D eigenvalue weighted by molar-refractivity contribution is 14.0. The molecule has 1 heterocycles. The minimum absolute atomic E-state index is 0. The second-order valence-corrected chi connectivity index (χ2v) is 7.33. The monoisotopic (exact) mass is 460 g/mol. The van der Waals surface area contributed by atoms with Crippen molar-refractivity contribution in [2.24, 2.45) is 4.99 Å². The van der Waals surface area contributed by atoms with Crippen LogP contribution in [0.3, 0.4) is 0 Å². The van der Waals surface area contributed by atoms with Gasteiger partial charge in [0.05, 0.1) is 12.6 Å². The standard InChI is InChI=1S/C19H32N4O.HI/c1-7-20-18(21-13-14(2)23(5)6)22-16-12-19(3,4)24-17-11-9-8-10-15(16)17;/h8-11,14,16H,7,12-13H2,1-6H3,(H2,20,21,22);1H. The number of nitrogens with one attached hydrogen (secondary N) is 2. The fraction of sp³-hybridized carbons (Fsp3) is 0.632. The van der Waals surface area contributed by atoms with Crippen molar-refractivity contribution < 1.29 is 4.74 Å². The van der Waals surface area contributed by atoms with E-state index in [0.29, 0.717) is 6.04 Å².